The van der Waals surface area contributed by atoms with Crippen LogP contribution in [0.2, 0.25) is 0 Å². The lowest BCUT2D eigenvalue weighted by atomic mass is 10.1. The van der Waals surface area contributed by atoms with E-state index >= 15 is 0 Å². The second kappa shape index (κ2) is 2.66. The second-order valence-electron chi connectivity index (χ2n) is 3.31. The van der Waals surface area contributed by atoms with Gasteiger partial charge in [0.2, 0.25) is 0 Å². The van der Waals surface area contributed by atoms with Crippen molar-refractivity contribution in [2.45, 2.75) is 30.5 Å². The summed E-state index contributed by atoms with van der Waals surface area (Å²) in [5, 5.41) is 16.8. The van der Waals surface area contributed by atoms with Crippen molar-refractivity contribution in [3.63, 3.8) is 0 Å². The first-order valence-corrected chi connectivity index (χ1v) is 3.75. The van der Waals surface area contributed by atoms with Crippen LogP contribution in [0.15, 0.2) is 0 Å². The minimum atomic E-state index is -2.04. The fraction of sp³-hybridized carbons (Fsp3) is 0.714. The average Bonchev–Trinajstić information content (AvgIpc) is 2.54. The zero-order valence-electron chi connectivity index (χ0n) is 6.79. The van der Waals surface area contributed by atoms with Gasteiger partial charge in [0.25, 0.3) is 0 Å². The molecule has 0 saturated heterocycles. The van der Waals surface area contributed by atoms with Crippen LogP contribution in [-0.2, 0) is 9.59 Å². The lowest BCUT2D eigenvalue weighted by molar-refractivity contribution is -0.142. The van der Waals surface area contributed by atoms with Crippen LogP contribution >= 0.6 is 0 Å². The molecule has 1 aliphatic rings. The number of nitrogens with two attached hydrogens (primary N) is 1. The van der Waals surface area contributed by atoms with E-state index in [1.807, 2.05) is 0 Å². The Kier molecular flexibility index (Phi) is 2.03. The summed E-state index contributed by atoms with van der Waals surface area (Å²) >= 11 is 0. The van der Waals surface area contributed by atoms with Crippen molar-refractivity contribution in [3.05, 3.63) is 0 Å². The molecule has 5 nitrogen and oxygen atoms in total. The highest BCUT2D eigenvalue weighted by Gasteiger charge is 2.71. The number of hydrogen-bond acceptors (Lipinski definition) is 3. The molecular weight excluding hydrogens is 181 g/mol. The van der Waals surface area contributed by atoms with Crippen molar-refractivity contribution in [3.8, 4) is 0 Å². The first-order valence-electron chi connectivity index (χ1n) is 3.75. The number of aliphatic carboxylic acids is 2. The van der Waals surface area contributed by atoms with Crippen LogP contribution < -0.4 is 5.73 Å². The summed E-state index contributed by atoms with van der Waals surface area (Å²) in [5.74, 6) is -2.57. The molecule has 0 heterocycles. The van der Waals surface area contributed by atoms with Gasteiger partial charge in [-0.15, -0.1) is 0 Å². The number of alkyl halides is 1. The molecule has 4 N–H and O–H groups in total. The molecule has 0 bridgehead atoms. The smallest absolute Gasteiger partial charge is 0.327 e. The molecule has 13 heavy (non-hydrogen) atoms. The second-order valence-corrected chi connectivity index (χ2v) is 3.31. The molecule has 0 radical (unpaired) electrons. The molecule has 6 heteroatoms. The predicted molar refractivity (Wildman–Crippen MR) is 39.9 cm³/mol. The Hall–Kier alpha value is -1.17. The topological polar surface area (TPSA) is 101 Å². The molecule has 0 amide bonds. The SMILES string of the molecule is NC1(C(=O)O)CC1(F)CCC(=O)O. The van der Waals surface area contributed by atoms with Crippen LogP contribution in [0, 0.1) is 0 Å². The fourth-order valence-electron chi connectivity index (χ4n) is 1.28. The fourth-order valence-corrected chi connectivity index (χ4v) is 1.28. The normalized spacial score (nSPS) is 37.1. The largest absolute Gasteiger partial charge is 0.481 e. The van der Waals surface area contributed by atoms with Crippen LogP contribution in [0.25, 0.3) is 0 Å². The number of carboxylic acid groups (broad SMARTS) is 2. The number of carbonyl (C=O) groups is 2. The van der Waals surface area contributed by atoms with E-state index in [4.69, 9.17) is 15.9 Å². The monoisotopic (exact) mass is 191 g/mol. The van der Waals surface area contributed by atoms with Gasteiger partial charge < -0.3 is 15.9 Å². The van der Waals surface area contributed by atoms with Gasteiger partial charge in [0.1, 0.15) is 5.67 Å². The maximum absolute atomic E-state index is 13.4. The van der Waals surface area contributed by atoms with Gasteiger partial charge in [-0.05, 0) is 6.42 Å². The van der Waals surface area contributed by atoms with Crippen molar-refractivity contribution in [1.29, 1.82) is 0 Å². The summed E-state index contributed by atoms with van der Waals surface area (Å²) in [5.41, 5.74) is 1.27. The predicted octanol–water partition coefficient (Wildman–Crippen LogP) is -0.255. The molecule has 1 rings (SSSR count). The van der Waals surface area contributed by atoms with E-state index in [0.29, 0.717) is 0 Å². The van der Waals surface area contributed by atoms with E-state index in [-0.39, 0.29) is 12.8 Å². The Bertz CT molecular complexity index is 269. The van der Waals surface area contributed by atoms with Crippen molar-refractivity contribution < 1.29 is 24.2 Å². The Morgan fingerprint density at radius 1 is 1.46 bits per heavy atom. The molecule has 1 saturated carbocycles. The maximum Gasteiger partial charge on any atom is 0.327 e. The summed E-state index contributed by atoms with van der Waals surface area (Å²) in [6.07, 6.45) is -1.05. The zero-order chi connectivity index (χ0) is 10.3. The van der Waals surface area contributed by atoms with Gasteiger partial charge in [0.05, 0.1) is 0 Å². The Morgan fingerprint density at radius 3 is 2.31 bits per heavy atom. The third kappa shape index (κ3) is 1.49. The van der Waals surface area contributed by atoms with E-state index in [0.717, 1.165) is 0 Å². The molecule has 0 aromatic heterocycles. The first kappa shape index (κ1) is 9.91. The van der Waals surface area contributed by atoms with Crippen molar-refractivity contribution in [2.24, 2.45) is 5.73 Å². The van der Waals surface area contributed by atoms with Gasteiger partial charge in [0, 0.05) is 12.8 Å². The van der Waals surface area contributed by atoms with Crippen molar-refractivity contribution >= 4 is 11.9 Å². The standard InChI is InChI=1S/C7H10FNO4/c8-6(2-1-4(10)11)3-7(6,9)5(12)13/h1-3,9H2,(H,10,11)(H,12,13). The lowest BCUT2D eigenvalue weighted by Gasteiger charge is -2.09. The highest BCUT2D eigenvalue weighted by molar-refractivity contribution is 5.85. The molecule has 0 spiro atoms. The number of rotatable bonds is 4. The Labute approximate surface area is 73.3 Å². The summed E-state index contributed by atoms with van der Waals surface area (Å²) in [6, 6.07) is 0. The molecule has 2 atom stereocenters. The van der Waals surface area contributed by atoms with Gasteiger partial charge in [-0.1, -0.05) is 0 Å². The average molecular weight is 191 g/mol. The highest BCUT2D eigenvalue weighted by Crippen LogP contribution is 2.52. The van der Waals surface area contributed by atoms with Crippen molar-refractivity contribution in [1.82, 2.24) is 0 Å². The van der Waals surface area contributed by atoms with Gasteiger partial charge in [0.15, 0.2) is 5.54 Å². The van der Waals surface area contributed by atoms with E-state index < -0.39 is 29.6 Å². The molecule has 0 aliphatic heterocycles. The van der Waals surface area contributed by atoms with Crippen LogP contribution in [0.3, 0.4) is 0 Å². The third-order valence-corrected chi connectivity index (χ3v) is 2.35. The summed E-state index contributed by atoms with van der Waals surface area (Å²) < 4.78 is 13.4. The molecule has 2 unspecified atom stereocenters. The van der Waals surface area contributed by atoms with E-state index in [1.54, 1.807) is 0 Å². The minimum Gasteiger partial charge on any atom is -0.481 e. The highest BCUT2D eigenvalue weighted by atomic mass is 19.1. The van der Waals surface area contributed by atoms with Crippen LogP contribution in [0.1, 0.15) is 19.3 Å². The van der Waals surface area contributed by atoms with Crippen LogP contribution in [0.4, 0.5) is 4.39 Å². The van der Waals surface area contributed by atoms with E-state index in [1.165, 1.54) is 0 Å². The molecular formula is C7H10FNO4. The van der Waals surface area contributed by atoms with Crippen molar-refractivity contribution in [2.75, 3.05) is 0 Å². The molecule has 1 aliphatic carbocycles. The van der Waals surface area contributed by atoms with E-state index in [9.17, 15) is 14.0 Å². The molecule has 74 valence electrons. The van der Waals surface area contributed by atoms with Gasteiger partial charge in [-0.2, -0.15) is 0 Å². The van der Waals surface area contributed by atoms with Crippen LogP contribution in [-0.4, -0.2) is 33.4 Å². The Balaban J connectivity index is 2.54. The van der Waals surface area contributed by atoms with Gasteiger partial charge in [-0.25, -0.2) is 4.39 Å². The summed E-state index contributed by atoms with van der Waals surface area (Å²) in [6.45, 7) is 0. The number of carboxylic acids is 2. The maximum atomic E-state index is 13.4. The van der Waals surface area contributed by atoms with Crippen LogP contribution in [0.5, 0.6) is 0 Å². The number of halogens is 1. The summed E-state index contributed by atoms with van der Waals surface area (Å²) in [7, 11) is 0. The van der Waals surface area contributed by atoms with Gasteiger partial charge in [-0.3, -0.25) is 9.59 Å². The van der Waals surface area contributed by atoms with E-state index in [2.05, 4.69) is 0 Å². The zero-order valence-corrected chi connectivity index (χ0v) is 6.79. The Morgan fingerprint density at radius 2 is 2.00 bits per heavy atom. The summed E-state index contributed by atoms with van der Waals surface area (Å²) in [4.78, 5) is 20.5. The third-order valence-electron chi connectivity index (χ3n) is 2.35. The molecule has 0 aromatic carbocycles. The van der Waals surface area contributed by atoms with Gasteiger partial charge >= 0.3 is 11.9 Å². The quantitative estimate of drug-likeness (QED) is 0.568. The first-order chi connectivity index (χ1) is 5.82. The number of hydrogen-bond donors (Lipinski definition) is 3. The lowest BCUT2D eigenvalue weighted by Crippen LogP contribution is -2.40. The minimum absolute atomic E-state index is 0.303. The molecule has 1 fully saturated rings. The molecule has 0 aromatic rings.